The van der Waals surface area contributed by atoms with Gasteiger partial charge in [0, 0.05) is 32.7 Å². The number of fused-ring (bicyclic) bond motifs is 3. The molecule has 0 bridgehead atoms. The maximum atomic E-state index is 8.46. The Balaban J connectivity index is 1.32. The zero-order chi connectivity index (χ0) is 43.6. The molecule has 5 aromatic carbocycles. The van der Waals surface area contributed by atoms with Crippen molar-refractivity contribution in [1.29, 1.82) is 0 Å². The van der Waals surface area contributed by atoms with Crippen LogP contribution in [-0.2, 0) is 15.6 Å². The number of hydrogen-bond acceptors (Lipinski definition) is 4. The molecule has 0 radical (unpaired) electrons. The van der Waals surface area contributed by atoms with Crippen LogP contribution in [0.4, 0.5) is 0 Å². The van der Waals surface area contributed by atoms with Crippen LogP contribution in [0.2, 0.25) is 0 Å². The highest BCUT2D eigenvalue weighted by Gasteiger charge is 2.31. The van der Waals surface area contributed by atoms with Crippen molar-refractivity contribution in [2.24, 2.45) is 4.99 Å². The Kier molecular flexibility index (Phi) is 9.13. The molecule has 8 rings (SSSR count). The van der Waals surface area contributed by atoms with Gasteiger partial charge < -0.3 is 9.47 Å². The summed E-state index contributed by atoms with van der Waals surface area (Å²) in [5.74, 6) is 2.86. The van der Waals surface area contributed by atoms with E-state index in [0.717, 1.165) is 44.3 Å². The lowest BCUT2D eigenvalue weighted by atomic mass is 9.84. The summed E-state index contributed by atoms with van der Waals surface area (Å²) < 4.78 is 41.2. The van der Waals surface area contributed by atoms with Gasteiger partial charge in [-0.15, -0.1) is 0 Å². The number of nitrogens with zero attached hydrogens (tertiary/aromatic N) is 3. The number of pyridine rings is 1. The van der Waals surface area contributed by atoms with Gasteiger partial charge in [-0.2, -0.15) is 0 Å². The Morgan fingerprint density at radius 2 is 1.34 bits per heavy atom. The van der Waals surface area contributed by atoms with E-state index < -0.39 is 19.0 Å². The molecule has 2 aromatic heterocycles. The van der Waals surface area contributed by atoms with E-state index in [1.54, 1.807) is 0 Å². The molecule has 0 unspecified atom stereocenters. The molecule has 7 aromatic rings. The first-order valence-corrected chi connectivity index (χ1v) is 20.6. The van der Waals surface area contributed by atoms with Gasteiger partial charge in [0.2, 0.25) is 5.90 Å². The minimum absolute atomic E-state index is 0.0274. The van der Waals surface area contributed by atoms with Crippen LogP contribution >= 0.6 is 0 Å². The Labute approximate surface area is 349 Å². The van der Waals surface area contributed by atoms with Gasteiger partial charge in [0.25, 0.3) is 0 Å². The highest BCUT2D eigenvalue weighted by molar-refractivity contribution is 6.10. The second-order valence-electron chi connectivity index (χ2n) is 18.4. The van der Waals surface area contributed by atoms with E-state index in [0.29, 0.717) is 17.1 Å². The van der Waals surface area contributed by atoms with Crippen molar-refractivity contribution < 1.29 is 13.6 Å². The SMILES string of the molecule is [2H]C([2H])([2H])[C@H]1N=C(c2cc(Oc3ccc4c5cc(C(C)(C)C)ccc5n(-c5cc(C(C)(C)C)ccn5)c4c3)cc(-c3c(C(C)C)cccc3C(C)C)c2)O[C@H]1c1ccccc1. The van der Waals surface area contributed by atoms with E-state index in [1.165, 1.54) is 22.3 Å². The lowest BCUT2D eigenvalue weighted by molar-refractivity contribution is 0.202. The lowest BCUT2D eigenvalue weighted by Crippen LogP contribution is -2.12. The number of benzene rings is 5. The van der Waals surface area contributed by atoms with Crippen LogP contribution in [0.25, 0.3) is 38.8 Å². The van der Waals surface area contributed by atoms with Crippen LogP contribution in [0.3, 0.4) is 0 Å². The van der Waals surface area contributed by atoms with Crippen molar-refractivity contribution in [3.63, 3.8) is 0 Å². The fourth-order valence-corrected chi connectivity index (χ4v) is 8.18. The van der Waals surface area contributed by atoms with E-state index in [4.69, 9.17) is 23.6 Å². The monoisotopic (exact) mass is 770 g/mol. The maximum Gasteiger partial charge on any atom is 0.217 e. The predicted molar refractivity (Wildman–Crippen MR) is 242 cm³/mol. The van der Waals surface area contributed by atoms with Gasteiger partial charge in [0.1, 0.15) is 23.4 Å². The Bertz CT molecular complexity index is 2760. The minimum atomic E-state index is -2.38. The van der Waals surface area contributed by atoms with Crippen molar-refractivity contribution >= 4 is 27.7 Å². The first kappa shape index (κ1) is 35.5. The summed E-state index contributed by atoms with van der Waals surface area (Å²) >= 11 is 0. The predicted octanol–water partition coefficient (Wildman–Crippen LogP) is 14.4. The summed E-state index contributed by atoms with van der Waals surface area (Å²) in [4.78, 5) is 9.74. The number of aliphatic imine (C=N–C) groups is 1. The van der Waals surface area contributed by atoms with Gasteiger partial charge in [0.15, 0.2) is 0 Å². The van der Waals surface area contributed by atoms with Gasteiger partial charge in [-0.3, -0.25) is 4.57 Å². The molecule has 5 heteroatoms. The van der Waals surface area contributed by atoms with Crippen LogP contribution < -0.4 is 4.74 Å². The van der Waals surface area contributed by atoms with Crippen LogP contribution in [0.1, 0.15) is 132 Å². The van der Waals surface area contributed by atoms with Crippen molar-refractivity contribution in [3.8, 4) is 28.4 Å². The van der Waals surface area contributed by atoms with Crippen LogP contribution in [0, 0.1) is 0 Å². The fourth-order valence-electron chi connectivity index (χ4n) is 8.18. The molecule has 2 atom stereocenters. The molecule has 58 heavy (non-hydrogen) atoms. The highest BCUT2D eigenvalue weighted by Crippen LogP contribution is 2.42. The summed E-state index contributed by atoms with van der Waals surface area (Å²) in [6.07, 6.45) is 1.14. The van der Waals surface area contributed by atoms with Crippen molar-refractivity contribution in [1.82, 2.24) is 9.55 Å². The average Bonchev–Trinajstić information content (AvgIpc) is 3.81. The van der Waals surface area contributed by atoms with E-state index in [9.17, 15) is 0 Å². The van der Waals surface area contributed by atoms with Gasteiger partial charge in [-0.1, -0.05) is 124 Å². The number of ether oxygens (including phenoxy) is 2. The maximum absolute atomic E-state index is 8.46. The molecular formula is C53H57N3O2. The molecule has 1 aliphatic rings. The largest absolute Gasteiger partial charge is 0.467 e. The molecule has 0 aliphatic carbocycles. The summed E-state index contributed by atoms with van der Waals surface area (Å²) in [5.41, 5.74) is 10.4. The van der Waals surface area contributed by atoms with Crippen LogP contribution in [0.15, 0.2) is 126 Å². The summed E-state index contributed by atoms with van der Waals surface area (Å²) in [5, 5.41) is 2.26. The zero-order valence-corrected chi connectivity index (χ0v) is 35.5. The van der Waals surface area contributed by atoms with E-state index in [2.05, 4.69) is 147 Å². The second kappa shape index (κ2) is 14.9. The summed E-state index contributed by atoms with van der Waals surface area (Å²) in [6, 6.07) is 38.4. The number of hydrogen-bond donors (Lipinski definition) is 0. The second-order valence-corrected chi connectivity index (χ2v) is 18.4. The summed E-state index contributed by atoms with van der Waals surface area (Å²) in [6.45, 7) is 19.9. The normalized spacial score (nSPS) is 17.0. The molecule has 0 N–H and O–H groups in total. The van der Waals surface area contributed by atoms with Crippen molar-refractivity contribution in [3.05, 3.63) is 155 Å². The highest BCUT2D eigenvalue weighted by atomic mass is 16.5. The molecule has 0 saturated heterocycles. The third-order valence-corrected chi connectivity index (χ3v) is 11.4. The smallest absolute Gasteiger partial charge is 0.217 e. The summed E-state index contributed by atoms with van der Waals surface area (Å²) in [7, 11) is 0. The van der Waals surface area contributed by atoms with Crippen LogP contribution in [-0.4, -0.2) is 21.5 Å². The average molecular weight is 771 g/mol. The third kappa shape index (κ3) is 7.43. The molecule has 5 nitrogen and oxygen atoms in total. The molecule has 296 valence electrons. The first-order chi connectivity index (χ1) is 28.8. The quantitative estimate of drug-likeness (QED) is 0.155. The fraction of sp³-hybridized carbons (Fsp3) is 0.321. The third-order valence-electron chi connectivity index (χ3n) is 11.4. The Hall–Kier alpha value is -5.68. The molecular weight excluding hydrogens is 711 g/mol. The number of aromatic nitrogens is 2. The lowest BCUT2D eigenvalue weighted by Gasteiger charge is -2.21. The topological polar surface area (TPSA) is 48.6 Å². The van der Waals surface area contributed by atoms with Gasteiger partial charge in [-0.05, 0) is 123 Å². The first-order valence-electron chi connectivity index (χ1n) is 22.1. The molecule has 0 amide bonds. The van der Waals surface area contributed by atoms with Crippen molar-refractivity contribution in [2.75, 3.05) is 0 Å². The molecule has 0 fully saturated rings. The molecule has 3 heterocycles. The zero-order valence-electron chi connectivity index (χ0n) is 38.5. The van der Waals surface area contributed by atoms with Gasteiger partial charge >= 0.3 is 0 Å². The Morgan fingerprint density at radius 3 is 2.02 bits per heavy atom. The van der Waals surface area contributed by atoms with Gasteiger partial charge in [-0.25, -0.2) is 9.98 Å². The minimum Gasteiger partial charge on any atom is -0.467 e. The standard InChI is InChI=1S/C53H57N3O2/c1-32(2)42-18-15-19-43(33(3)4)49(42)36-26-37(51-55-34(5)50(58-51)35-16-13-12-14-17-35)28-41(27-36)57-40-21-22-44-45-29-38(52(6,7)8)20-23-46(45)56(47(44)31-40)48-30-39(24-25-54-48)53(9,10)11/h12-34,50H,1-11H3/t34-,50-/m1/s1/i5D3. The van der Waals surface area contributed by atoms with Gasteiger partial charge in [0.05, 0.1) is 17.1 Å². The van der Waals surface area contributed by atoms with Crippen LogP contribution in [0.5, 0.6) is 11.5 Å². The van der Waals surface area contributed by atoms with Crippen molar-refractivity contribution in [2.45, 2.75) is 111 Å². The molecule has 0 spiro atoms. The van der Waals surface area contributed by atoms with E-state index >= 15 is 0 Å². The van der Waals surface area contributed by atoms with E-state index in [1.807, 2.05) is 48.7 Å². The van der Waals surface area contributed by atoms with E-state index in [-0.39, 0.29) is 28.6 Å². The molecule has 0 saturated carbocycles. The Morgan fingerprint density at radius 1 is 0.655 bits per heavy atom. The number of rotatable bonds is 8. The molecule has 1 aliphatic heterocycles.